The van der Waals surface area contributed by atoms with Crippen molar-refractivity contribution in [2.24, 2.45) is 11.7 Å². The van der Waals surface area contributed by atoms with Gasteiger partial charge in [0, 0.05) is 29.7 Å². The van der Waals surface area contributed by atoms with Crippen LogP contribution in [-0.2, 0) is 11.3 Å². The van der Waals surface area contributed by atoms with Crippen LogP contribution in [-0.4, -0.2) is 25.7 Å². The second-order valence-electron chi connectivity index (χ2n) is 5.20. The first-order chi connectivity index (χ1) is 9.88. The minimum absolute atomic E-state index is 0.177. The molecule has 0 aromatic heterocycles. The van der Waals surface area contributed by atoms with Crippen LogP contribution >= 0.6 is 11.6 Å². The summed E-state index contributed by atoms with van der Waals surface area (Å²) in [5.74, 6) is 1.12. The lowest BCUT2D eigenvalue weighted by Gasteiger charge is -2.20. The molecule has 0 saturated heterocycles. The molecule has 0 spiro atoms. The number of benzene rings is 1. The monoisotopic (exact) mass is 314 g/mol. The van der Waals surface area contributed by atoms with E-state index < -0.39 is 6.10 Å². The minimum Gasteiger partial charge on any atom is -0.493 e. The lowest BCUT2D eigenvalue weighted by Crippen LogP contribution is -2.38. The molecule has 1 unspecified atom stereocenters. The van der Waals surface area contributed by atoms with Gasteiger partial charge in [-0.3, -0.25) is 4.79 Å². The SMILES string of the molecule is COc1cc(Cl)cc(CN)c1OC(C)C(=O)NCC(C)C. The van der Waals surface area contributed by atoms with Gasteiger partial charge in [-0.2, -0.15) is 0 Å². The number of methoxy groups -OCH3 is 1. The number of halogens is 1. The van der Waals surface area contributed by atoms with Crippen molar-refractivity contribution in [2.45, 2.75) is 33.4 Å². The fourth-order valence-corrected chi connectivity index (χ4v) is 1.97. The zero-order valence-electron chi connectivity index (χ0n) is 12.9. The predicted octanol–water partition coefficient (Wildman–Crippen LogP) is 2.35. The van der Waals surface area contributed by atoms with E-state index in [0.717, 1.165) is 0 Å². The van der Waals surface area contributed by atoms with Gasteiger partial charge in [-0.15, -0.1) is 0 Å². The highest BCUT2D eigenvalue weighted by molar-refractivity contribution is 6.30. The zero-order valence-corrected chi connectivity index (χ0v) is 13.7. The van der Waals surface area contributed by atoms with Crippen LogP contribution in [0.1, 0.15) is 26.3 Å². The summed E-state index contributed by atoms with van der Waals surface area (Å²) in [7, 11) is 1.52. The summed E-state index contributed by atoms with van der Waals surface area (Å²) >= 11 is 5.99. The Balaban J connectivity index is 2.88. The highest BCUT2D eigenvalue weighted by atomic mass is 35.5. The van der Waals surface area contributed by atoms with Crippen molar-refractivity contribution in [1.29, 1.82) is 0 Å². The molecular formula is C15H23ClN2O3. The predicted molar refractivity (Wildman–Crippen MR) is 83.8 cm³/mol. The molecular weight excluding hydrogens is 292 g/mol. The van der Waals surface area contributed by atoms with Crippen molar-refractivity contribution in [1.82, 2.24) is 5.32 Å². The molecule has 3 N–H and O–H groups in total. The first-order valence-electron chi connectivity index (χ1n) is 6.89. The first kappa shape index (κ1) is 17.6. The van der Waals surface area contributed by atoms with Gasteiger partial charge in [-0.25, -0.2) is 0 Å². The molecule has 6 heteroatoms. The van der Waals surface area contributed by atoms with E-state index in [1.54, 1.807) is 19.1 Å². The van der Waals surface area contributed by atoms with E-state index in [9.17, 15) is 4.79 Å². The van der Waals surface area contributed by atoms with Gasteiger partial charge in [-0.1, -0.05) is 25.4 Å². The molecule has 1 aromatic carbocycles. The van der Waals surface area contributed by atoms with E-state index in [0.29, 0.717) is 34.5 Å². The molecule has 5 nitrogen and oxygen atoms in total. The molecule has 1 rings (SSSR count). The van der Waals surface area contributed by atoms with Crippen molar-refractivity contribution in [3.8, 4) is 11.5 Å². The average Bonchev–Trinajstić information content (AvgIpc) is 2.45. The second kappa shape index (κ2) is 8.10. The number of amides is 1. The van der Waals surface area contributed by atoms with Crippen LogP contribution in [0.25, 0.3) is 0 Å². The Labute approximate surface area is 130 Å². The Morgan fingerprint density at radius 1 is 1.38 bits per heavy atom. The summed E-state index contributed by atoms with van der Waals surface area (Å²) in [6, 6.07) is 3.34. The van der Waals surface area contributed by atoms with Gasteiger partial charge in [0.15, 0.2) is 17.6 Å². The third kappa shape index (κ3) is 5.10. The number of carbonyl (C=O) groups is 1. The van der Waals surface area contributed by atoms with Crippen molar-refractivity contribution in [3.63, 3.8) is 0 Å². The summed E-state index contributed by atoms with van der Waals surface area (Å²) < 4.78 is 11.0. The largest absolute Gasteiger partial charge is 0.493 e. The van der Waals surface area contributed by atoms with E-state index in [1.807, 2.05) is 13.8 Å². The molecule has 0 heterocycles. The molecule has 118 valence electrons. The molecule has 0 aliphatic carbocycles. The van der Waals surface area contributed by atoms with Crippen LogP contribution in [0.2, 0.25) is 5.02 Å². The number of hydrogen-bond acceptors (Lipinski definition) is 4. The molecule has 0 saturated carbocycles. The van der Waals surface area contributed by atoms with E-state index in [1.165, 1.54) is 7.11 Å². The Kier molecular flexibility index (Phi) is 6.78. The van der Waals surface area contributed by atoms with Crippen molar-refractivity contribution < 1.29 is 14.3 Å². The minimum atomic E-state index is -0.649. The molecule has 1 aromatic rings. The van der Waals surface area contributed by atoms with Crippen molar-refractivity contribution in [3.05, 3.63) is 22.7 Å². The number of ether oxygens (including phenoxy) is 2. The molecule has 0 fully saturated rings. The first-order valence-corrected chi connectivity index (χ1v) is 7.27. The van der Waals surface area contributed by atoms with Crippen molar-refractivity contribution >= 4 is 17.5 Å². The molecule has 0 aliphatic heterocycles. The number of hydrogen-bond donors (Lipinski definition) is 2. The maximum atomic E-state index is 12.0. The Morgan fingerprint density at radius 3 is 2.57 bits per heavy atom. The van der Waals surface area contributed by atoms with E-state index in [2.05, 4.69) is 5.32 Å². The number of rotatable bonds is 7. The second-order valence-corrected chi connectivity index (χ2v) is 5.64. The average molecular weight is 315 g/mol. The summed E-state index contributed by atoms with van der Waals surface area (Å²) in [6.07, 6.45) is -0.649. The van der Waals surface area contributed by atoms with Gasteiger partial charge < -0.3 is 20.5 Å². The fraction of sp³-hybridized carbons (Fsp3) is 0.533. The van der Waals surface area contributed by atoms with Crippen LogP contribution in [0.3, 0.4) is 0 Å². The number of nitrogens with one attached hydrogen (secondary N) is 1. The zero-order chi connectivity index (χ0) is 16.0. The van der Waals surface area contributed by atoms with Gasteiger partial charge in [0.05, 0.1) is 7.11 Å². The lowest BCUT2D eigenvalue weighted by molar-refractivity contribution is -0.127. The Hall–Kier alpha value is -1.46. The van der Waals surface area contributed by atoms with Gasteiger partial charge >= 0.3 is 0 Å². The number of nitrogens with two attached hydrogens (primary N) is 1. The maximum absolute atomic E-state index is 12.0. The third-order valence-corrected chi connectivity index (χ3v) is 3.10. The molecule has 21 heavy (non-hydrogen) atoms. The van der Waals surface area contributed by atoms with E-state index >= 15 is 0 Å². The highest BCUT2D eigenvalue weighted by Gasteiger charge is 2.19. The van der Waals surface area contributed by atoms with Crippen LogP contribution in [0, 0.1) is 5.92 Å². The summed E-state index contributed by atoms with van der Waals surface area (Å²) in [6.45, 7) is 6.59. The molecule has 0 bridgehead atoms. The van der Waals surface area contributed by atoms with Crippen LogP contribution in [0.4, 0.5) is 0 Å². The van der Waals surface area contributed by atoms with Crippen LogP contribution in [0.5, 0.6) is 11.5 Å². The highest BCUT2D eigenvalue weighted by Crippen LogP contribution is 2.35. The smallest absolute Gasteiger partial charge is 0.260 e. The Bertz CT molecular complexity index is 467. The van der Waals surface area contributed by atoms with Gasteiger partial charge in [-0.05, 0) is 18.9 Å². The molecule has 0 aliphatic rings. The molecule has 1 amide bonds. The van der Waals surface area contributed by atoms with E-state index in [-0.39, 0.29) is 12.5 Å². The fourth-order valence-electron chi connectivity index (χ4n) is 1.74. The standard InChI is InChI=1S/C15H23ClN2O3/c1-9(2)8-18-15(19)10(3)21-14-11(7-17)5-12(16)6-13(14)20-4/h5-6,9-10H,7-8,17H2,1-4H3,(H,18,19). The molecule has 0 radical (unpaired) electrons. The van der Waals surface area contributed by atoms with Crippen LogP contribution < -0.4 is 20.5 Å². The summed E-state index contributed by atoms with van der Waals surface area (Å²) in [4.78, 5) is 12.0. The van der Waals surface area contributed by atoms with Crippen LogP contribution in [0.15, 0.2) is 12.1 Å². The topological polar surface area (TPSA) is 73.6 Å². The normalized spacial score (nSPS) is 12.1. The van der Waals surface area contributed by atoms with Gasteiger partial charge in [0.1, 0.15) is 0 Å². The van der Waals surface area contributed by atoms with Crippen molar-refractivity contribution in [2.75, 3.05) is 13.7 Å². The number of carbonyl (C=O) groups excluding carboxylic acids is 1. The quantitative estimate of drug-likeness (QED) is 0.810. The van der Waals surface area contributed by atoms with E-state index in [4.69, 9.17) is 26.8 Å². The van der Waals surface area contributed by atoms with Gasteiger partial charge in [0.25, 0.3) is 5.91 Å². The molecule has 1 atom stereocenters. The third-order valence-electron chi connectivity index (χ3n) is 2.88. The summed E-state index contributed by atoms with van der Waals surface area (Å²) in [5, 5.41) is 3.34. The van der Waals surface area contributed by atoms with Gasteiger partial charge in [0.2, 0.25) is 0 Å². The summed E-state index contributed by atoms with van der Waals surface area (Å²) in [5.41, 5.74) is 6.40. The maximum Gasteiger partial charge on any atom is 0.260 e. The lowest BCUT2D eigenvalue weighted by atomic mass is 10.1. The Morgan fingerprint density at radius 2 is 2.05 bits per heavy atom.